The fourth-order valence-corrected chi connectivity index (χ4v) is 3.85. The van der Waals surface area contributed by atoms with Gasteiger partial charge in [0.05, 0.1) is 0 Å². The quantitative estimate of drug-likeness (QED) is 0.810. The van der Waals surface area contributed by atoms with E-state index in [4.69, 9.17) is 0 Å². The Morgan fingerprint density at radius 1 is 1.47 bits per heavy atom. The zero-order valence-electron chi connectivity index (χ0n) is 11.3. The summed E-state index contributed by atoms with van der Waals surface area (Å²) < 4.78 is 0. The van der Waals surface area contributed by atoms with Crippen molar-refractivity contribution in [3.63, 3.8) is 0 Å². The fourth-order valence-electron chi connectivity index (χ4n) is 3.10. The summed E-state index contributed by atoms with van der Waals surface area (Å²) >= 11 is 1.89. The summed E-state index contributed by atoms with van der Waals surface area (Å²) in [5.74, 6) is 1.77. The van der Waals surface area contributed by atoms with Gasteiger partial charge in [-0.05, 0) is 61.6 Å². The maximum Gasteiger partial charge on any atom is 0.0359 e. The van der Waals surface area contributed by atoms with E-state index in [1.54, 1.807) is 5.56 Å². The first-order valence-electron chi connectivity index (χ1n) is 6.99. The topological polar surface area (TPSA) is 12.0 Å². The van der Waals surface area contributed by atoms with Crippen LogP contribution in [0.15, 0.2) is 11.4 Å². The van der Waals surface area contributed by atoms with Crippen LogP contribution in [0.1, 0.15) is 56.0 Å². The van der Waals surface area contributed by atoms with Gasteiger partial charge in [-0.15, -0.1) is 11.3 Å². The first-order chi connectivity index (χ1) is 8.22. The van der Waals surface area contributed by atoms with Gasteiger partial charge >= 0.3 is 0 Å². The minimum Gasteiger partial charge on any atom is -0.310 e. The molecule has 1 fully saturated rings. The molecule has 96 valence electrons. The average molecular weight is 251 g/mol. The molecule has 1 aliphatic carbocycles. The molecule has 0 amide bonds. The van der Waals surface area contributed by atoms with Gasteiger partial charge in [0.15, 0.2) is 0 Å². The second kappa shape index (κ2) is 6.01. The molecule has 3 atom stereocenters. The molecule has 0 bridgehead atoms. The van der Waals surface area contributed by atoms with Gasteiger partial charge in [0.1, 0.15) is 0 Å². The molecule has 1 saturated carbocycles. The summed E-state index contributed by atoms with van der Waals surface area (Å²) in [4.78, 5) is 1.50. The van der Waals surface area contributed by atoms with Crippen LogP contribution in [-0.2, 0) is 0 Å². The van der Waals surface area contributed by atoms with Crippen LogP contribution in [0.5, 0.6) is 0 Å². The Balaban J connectivity index is 2.10. The third kappa shape index (κ3) is 3.11. The van der Waals surface area contributed by atoms with Crippen LogP contribution in [0.25, 0.3) is 0 Å². The van der Waals surface area contributed by atoms with Crippen molar-refractivity contribution in [2.24, 2.45) is 11.8 Å². The lowest BCUT2D eigenvalue weighted by atomic mass is 9.91. The van der Waals surface area contributed by atoms with Crippen LogP contribution >= 0.6 is 11.3 Å². The lowest BCUT2D eigenvalue weighted by molar-refractivity contribution is 0.359. The highest BCUT2D eigenvalue weighted by atomic mass is 32.1. The predicted octanol–water partition coefficient (Wildman–Crippen LogP) is 4.53. The van der Waals surface area contributed by atoms with Gasteiger partial charge in [-0.1, -0.05) is 20.3 Å². The molecule has 0 aromatic carbocycles. The molecule has 0 spiro atoms. The number of hydrogen-bond acceptors (Lipinski definition) is 2. The Hall–Kier alpha value is -0.340. The van der Waals surface area contributed by atoms with Crippen molar-refractivity contribution in [3.05, 3.63) is 21.9 Å². The molecule has 1 aromatic rings. The molecule has 0 radical (unpaired) electrons. The van der Waals surface area contributed by atoms with Crippen LogP contribution in [0, 0.1) is 18.8 Å². The number of aryl methyl sites for hydroxylation is 1. The Kier molecular flexibility index (Phi) is 4.63. The Morgan fingerprint density at radius 2 is 2.29 bits per heavy atom. The van der Waals surface area contributed by atoms with Crippen molar-refractivity contribution in [1.82, 2.24) is 5.32 Å². The Morgan fingerprint density at radius 3 is 2.82 bits per heavy atom. The Bertz CT molecular complexity index is 344. The molecule has 1 heterocycles. The van der Waals surface area contributed by atoms with Gasteiger partial charge in [0, 0.05) is 10.9 Å². The second-order valence-electron chi connectivity index (χ2n) is 5.54. The third-order valence-electron chi connectivity index (χ3n) is 4.06. The van der Waals surface area contributed by atoms with Crippen LogP contribution < -0.4 is 5.32 Å². The standard InChI is InChI=1S/C15H25NS/c1-4-8-16-15(13-6-5-11(2)10-13)14-7-9-17-12(14)3/h7,9,11,13,15-16H,4-6,8,10H2,1-3H3. The van der Waals surface area contributed by atoms with E-state index < -0.39 is 0 Å². The van der Waals surface area contributed by atoms with Crippen molar-refractivity contribution in [3.8, 4) is 0 Å². The average Bonchev–Trinajstić information content (AvgIpc) is 2.90. The molecule has 17 heavy (non-hydrogen) atoms. The maximum absolute atomic E-state index is 3.78. The van der Waals surface area contributed by atoms with E-state index in [2.05, 4.69) is 37.5 Å². The van der Waals surface area contributed by atoms with Crippen molar-refractivity contribution >= 4 is 11.3 Å². The number of rotatable bonds is 5. The van der Waals surface area contributed by atoms with Crippen LogP contribution in [0.4, 0.5) is 0 Å². The first-order valence-corrected chi connectivity index (χ1v) is 7.87. The van der Waals surface area contributed by atoms with Gasteiger partial charge in [0.2, 0.25) is 0 Å². The highest BCUT2D eigenvalue weighted by Crippen LogP contribution is 2.40. The second-order valence-corrected chi connectivity index (χ2v) is 6.66. The molecule has 1 aromatic heterocycles. The van der Waals surface area contributed by atoms with Gasteiger partial charge in [-0.25, -0.2) is 0 Å². The third-order valence-corrected chi connectivity index (χ3v) is 4.92. The number of nitrogens with one attached hydrogen (secondary N) is 1. The van der Waals surface area contributed by atoms with Gasteiger partial charge in [0.25, 0.3) is 0 Å². The molecule has 2 heteroatoms. The summed E-state index contributed by atoms with van der Waals surface area (Å²) in [7, 11) is 0. The molecule has 3 unspecified atom stereocenters. The van der Waals surface area contributed by atoms with E-state index in [1.807, 2.05) is 11.3 Å². The number of thiophene rings is 1. The van der Waals surface area contributed by atoms with E-state index in [-0.39, 0.29) is 0 Å². The van der Waals surface area contributed by atoms with Crippen LogP contribution in [-0.4, -0.2) is 6.54 Å². The lowest BCUT2D eigenvalue weighted by Crippen LogP contribution is -2.28. The van der Waals surface area contributed by atoms with Crippen LogP contribution in [0.2, 0.25) is 0 Å². The van der Waals surface area contributed by atoms with E-state index in [0.717, 1.165) is 18.4 Å². The molecular weight excluding hydrogens is 226 g/mol. The summed E-state index contributed by atoms with van der Waals surface area (Å²) in [5.41, 5.74) is 1.56. The summed E-state index contributed by atoms with van der Waals surface area (Å²) in [6.45, 7) is 8.06. The van der Waals surface area contributed by atoms with Crippen molar-refractivity contribution in [1.29, 1.82) is 0 Å². The molecule has 0 aliphatic heterocycles. The first kappa shape index (κ1) is 13.1. The fraction of sp³-hybridized carbons (Fsp3) is 0.733. The molecule has 1 nitrogen and oxygen atoms in total. The highest BCUT2D eigenvalue weighted by molar-refractivity contribution is 7.10. The van der Waals surface area contributed by atoms with Gasteiger partial charge in [-0.3, -0.25) is 0 Å². The molecule has 0 saturated heterocycles. The normalized spacial score (nSPS) is 26.3. The number of hydrogen-bond donors (Lipinski definition) is 1. The molecule has 2 rings (SSSR count). The Labute approximate surface area is 110 Å². The molecule has 1 N–H and O–H groups in total. The largest absolute Gasteiger partial charge is 0.310 e. The summed E-state index contributed by atoms with van der Waals surface area (Å²) in [6.07, 6.45) is 5.44. The zero-order chi connectivity index (χ0) is 12.3. The minimum absolute atomic E-state index is 0.603. The zero-order valence-corrected chi connectivity index (χ0v) is 12.1. The van der Waals surface area contributed by atoms with Crippen LogP contribution in [0.3, 0.4) is 0 Å². The predicted molar refractivity (Wildman–Crippen MR) is 76.6 cm³/mol. The lowest BCUT2D eigenvalue weighted by Gasteiger charge is -2.25. The smallest absolute Gasteiger partial charge is 0.0359 e. The minimum atomic E-state index is 0.603. The molecular formula is C15H25NS. The SMILES string of the molecule is CCCNC(c1ccsc1C)C1CCC(C)C1. The van der Waals surface area contributed by atoms with Crippen molar-refractivity contribution in [2.75, 3.05) is 6.54 Å². The highest BCUT2D eigenvalue weighted by Gasteiger charge is 2.30. The van der Waals surface area contributed by atoms with E-state index in [0.29, 0.717) is 6.04 Å². The van der Waals surface area contributed by atoms with E-state index in [1.165, 1.54) is 30.6 Å². The van der Waals surface area contributed by atoms with Crippen molar-refractivity contribution in [2.45, 2.75) is 52.5 Å². The van der Waals surface area contributed by atoms with E-state index >= 15 is 0 Å². The van der Waals surface area contributed by atoms with Crippen molar-refractivity contribution < 1.29 is 0 Å². The monoisotopic (exact) mass is 251 g/mol. The summed E-state index contributed by atoms with van der Waals surface area (Å²) in [6, 6.07) is 2.93. The van der Waals surface area contributed by atoms with Gasteiger partial charge in [-0.2, -0.15) is 0 Å². The van der Waals surface area contributed by atoms with E-state index in [9.17, 15) is 0 Å². The summed E-state index contributed by atoms with van der Waals surface area (Å²) in [5, 5.41) is 6.02. The van der Waals surface area contributed by atoms with Gasteiger partial charge < -0.3 is 5.32 Å². The maximum atomic E-state index is 3.78. The molecule has 1 aliphatic rings.